The highest BCUT2D eigenvalue weighted by Gasteiger charge is 2.75. The second-order valence-corrected chi connectivity index (χ2v) is 4.41. The van der Waals surface area contributed by atoms with Gasteiger partial charge in [0.2, 0.25) is 0 Å². The summed E-state index contributed by atoms with van der Waals surface area (Å²) in [6.45, 7) is 0. The van der Waals surface area contributed by atoms with Gasteiger partial charge < -0.3 is 15.0 Å². The number of hydrogen-bond donors (Lipinski definition) is 1. The summed E-state index contributed by atoms with van der Waals surface area (Å²) in [5.74, 6) is 0. The number of nitrogens with one attached hydrogen (secondary N) is 1. The van der Waals surface area contributed by atoms with Crippen molar-refractivity contribution in [2.24, 2.45) is 0 Å². The van der Waals surface area contributed by atoms with E-state index >= 15 is 0 Å². The summed E-state index contributed by atoms with van der Waals surface area (Å²) in [5.41, 5.74) is 0.729. The first-order valence-corrected chi connectivity index (χ1v) is 5.37. The number of fused-ring (bicyclic) bond motifs is 6. The fourth-order valence-corrected chi connectivity index (χ4v) is 2.87. The predicted molar refractivity (Wildman–Crippen MR) is 60.1 cm³/mol. The molecule has 3 aliphatic heterocycles. The second kappa shape index (κ2) is 2.53. The summed E-state index contributed by atoms with van der Waals surface area (Å²) in [7, 11) is 0. The summed E-state index contributed by atoms with van der Waals surface area (Å²) in [5, 5.41) is 14.5. The Bertz CT molecular complexity index is 559. The van der Waals surface area contributed by atoms with Gasteiger partial charge in [-0.15, -0.1) is 0 Å². The number of ether oxygens (including phenoxy) is 1. The minimum atomic E-state index is -1.15. The van der Waals surface area contributed by atoms with Crippen molar-refractivity contribution in [1.82, 2.24) is 0 Å². The van der Waals surface area contributed by atoms with Crippen LogP contribution in [0.4, 0.5) is 11.4 Å². The van der Waals surface area contributed by atoms with Crippen LogP contribution in [-0.2, 0) is 4.74 Å². The zero-order valence-electron chi connectivity index (χ0n) is 8.74. The molecule has 86 valence electrons. The van der Waals surface area contributed by atoms with E-state index in [0.717, 1.165) is 11.4 Å². The van der Waals surface area contributed by atoms with Crippen LogP contribution >= 0.6 is 0 Å². The van der Waals surface area contributed by atoms with Crippen molar-refractivity contribution >= 4 is 11.4 Å². The van der Waals surface area contributed by atoms with Gasteiger partial charge in [0.05, 0.1) is 17.6 Å². The number of nitro groups is 1. The highest BCUT2D eigenvalue weighted by Crippen LogP contribution is 2.53. The summed E-state index contributed by atoms with van der Waals surface area (Å²) in [6.07, 6.45) is 2.09. The molecule has 0 radical (unpaired) electrons. The lowest BCUT2D eigenvalue weighted by Gasteiger charge is -2.48. The molecule has 0 aliphatic carbocycles. The van der Waals surface area contributed by atoms with Gasteiger partial charge in [0.25, 0.3) is 6.23 Å². The smallest absolute Gasteiger partial charge is 0.336 e. The molecule has 0 amide bonds. The van der Waals surface area contributed by atoms with E-state index in [2.05, 4.69) is 5.32 Å². The van der Waals surface area contributed by atoms with Gasteiger partial charge in [0.1, 0.15) is 0 Å². The monoisotopic (exact) mass is 231 g/mol. The SMILES string of the molecule is O=[N+]([O-])[C@]12C=CO[C@@H]1N1c3ccccc3N[C@H]12. The van der Waals surface area contributed by atoms with Crippen molar-refractivity contribution in [2.45, 2.75) is 17.9 Å². The van der Waals surface area contributed by atoms with Crippen LogP contribution in [0.5, 0.6) is 0 Å². The van der Waals surface area contributed by atoms with Gasteiger partial charge in [0, 0.05) is 11.0 Å². The van der Waals surface area contributed by atoms with Gasteiger partial charge in [-0.1, -0.05) is 12.1 Å². The Labute approximate surface area is 96.6 Å². The van der Waals surface area contributed by atoms with Gasteiger partial charge in [-0.2, -0.15) is 0 Å². The summed E-state index contributed by atoms with van der Waals surface area (Å²) in [4.78, 5) is 12.9. The molecule has 1 fully saturated rings. The van der Waals surface area contributed by atoms with Crippen LogP contribution in [-0.4, -0.2) is 22.9 Å². The third-order valence-electron chi connectivity index (χ3n) is 3.70. The van der Waals surface area contributed by atoms with E-state index < -0.39 is 11.8 Å². The zero-order valence-corrected chi connectivity index (χ0v) is 8.74. The van der Waals surface area contributed by atoms with Crippen LogP contribution in [0.25, 0.3) is 0 Å². The fourth-order valence-electron chi connectivity index (χ4n) is 2.87. The maximum absolute atomic E-state index is 11.3. The minimum absolute atomic E-state index is 0.263. The van der Waals surface area contributed by atoms with Gasteiger partial charge in [0.15, 0.2) is 6.17 Å². The Morgan fingerprint density at radius 3 is 3.12 bits per heavy atom. The lowest BCUT2D eigenvalue weighted by atomic mass is 9.85. The van der Waals surface area contributed by atoms with E-state index in [-0.39, 0.29) is 11.1 Å². The molecule has 0 unspecified atom stereocenters. The molecule has 0 bridgehead atoms. The average Bonchev–Trinajstić information content (AvgIpc) is 2.82. The third kappa shape index (κ3) is 0.769. The van der Waals surface area contributed by atoms with Crippen LogP contribution < -0.4 is 10.2 Å². The summed E-state index contributed by atoms with van der Waals surface area (Å²) >= 11 is 0. The Balaban J connectivity index is 1.83. The van der Waals surface area contributed by atoms with Gasteiger partial charge in [-0.05, 0) is 12.1 Å². The lowest BCUT2D eigenvalue weighted by Crippen LogP contribution is -2.78. The zero-order chi connectivity index (χ0) is 11.6. The van der Waals surface area contributed by atoms with Crippen LogP contribution in [0.15, 0.2) is 36.6 Å². The molecule has 6 nitrogen and oxygen atoms in total. The molecule has 0 saturated carbocycles. The standard InChI is InChI=1S/C11H9N3O3/c15-14(16)11-5-6-17-10(11)13-8-4-2-1-3-7(8)12-9(11)13/h1-6,9-10,12H/t9-,10+,11+/m1/s1. The molecule has 3 heterocycles. The maximum atomic E-state index is 11.3. The first-order valence-electron chi connectivity index (χ1n) is 5.37. The van der Waals surface area contributed by atoms with Crippen molar-refractivity contribution in [3.05, 3.63) is 46.7 Å². The van der Waals surface area contributed by atoms with E-state index in [1.165, 1.54) is 12.3 Å². The highest BCUT2D eigenvalue weighted by atomic mass is 16.6. The molecule has 3 aliphatic rings. The lowest BCUT2D eigenvalue weighted by molar-refractivity contribution is -0.580. The van der Waals surface area contributed by atoms with E-state index in [0.29, 0.717) is 0 Å². The quantitative estimate of drug-likeness (QED) is 0.580. The number of hydrogen-bond acceptors (Lipinski definition) is 5. The number of rotatable bonds is 1. The van der Waals surface area contributed by atoms with Crippen LogP contribution in [0, 0.1) is 10.1 Å². The molecule has 1 aromatic rings. The predicted octanol–water partition coefficient (Wildman–Crippen LogP) is 1.14. The number of benzene rings is 1. The van der Waals surface area contributed by atoms with E-state index in [4.69, 9.17) is 4.74 Å². The summed E-state index contributed by atoms with van der Waals surface area (Å²) < 4.78 is 5.35. The molecule has 6 heteroatoms. The highest BCUT2D eigenvalue weighted by molar-refractivity contribution is 5.80. The molecule has 1 saturated heterocycles. The van der Waals surface area contributed by atoms with E-state index in [1.54, 1.807) is 0 Å². The van der Waals surface area contributed by atoms with Crippen LogP contribution in [0.1, 0.15) is 0 Å². The first kappa shape index (κ1) is 8.86. The number of anilines is 2. The first-order chi connectivity index (χ1) is 8.25. The topological polar surface area (TPSA) is 67.6 Å². The molecule has 4 rings (SSSR count). The fraction of sp³-hybridized carbons (Fsp3) is 0.273. The molecular weight excluding hydrogens is 222 g/mol. The average molecular weight is 231 g/mol. The largest absolute Gasteiger partial charge is 0.470 e. The van der Waals surface area contributed by atoms with Crippen molar-refractivity contribution in [3.8, 4) is 0 Å². The Morgan fingerprint density at radius 2 is 2.29 bits per heavy atom. The Hall–Kier alpha value is -2.24. The van der Waals surface area contributed by atoms with Crippen molar-refractivity contribution in [3.63, 3.8) is 0 Å². The number of para-hydroxylation sites is 2. The third-order valence-corrected chi connectivity index (χ3v) is 3.70. The Morgan fingerprint density at radius 1 is 1.47 bits per heavy atom. The van der Waals surface area contributed by atoms with Gasteiger partial charge >= 0.3 is 5.54 Å². The molecule has 3 atom stereocenters. The Kier molecular flexibility index (Phi) is 1.32. The maximum Gasteiger partial charge on any atom is 0.336 e. The second-order valence-electron chi connectivity index (χ2n) is 4.41. The minimum Gasteiger partial charge on any atom is -0.470 e. The van der Waals surface area contributed by atoms with Gasteiger partial charge in [-0.3, -0.25) is 10.1 Å². The number of nitrogens with zero attached hydrogens (tertiary/aromatic N) is 2. The van der Waals surface area contributed by atoms with Crippen molar-refractivity contribution in [1.29, 1.82) is 0 Å². The molecule has 1 N–H and O–H groups in total. The molecular formula is C11H9N3O3. The van der Waals surface area contributed by atoms with Crippen LogP contribution in [0.2, 0.25) is 0 Å². The molecule has 17 heavy (non-hydrogen) atoms. The summed E-state index contributed by atoms with van der Waals surface area (Å²) in [6, 6.07) is 7.68. The van der Waals surface area contributed by atoms with Crippen molar-refractivity contribution in [2.75, 3.05) is 10.2 Å². The van der Waals surface area contributed by atoms with E-state index in [9.17, 15) is 10.1 Å². The molecule has 0 aromatic heterocycles. The normalized spacial score (nSPS) is 35.2. The van der Waals surface area contributed by atoms with Crippen molar-refractivity contribution < 1.29 is 9.66 Å². The van der Waals surface area contributed by atoms with Crippen LogP contribution in [0.3, 0.4) is 0 Å². The van der Waals surface area contributed by atoms with E-state index in [1.807, 2.05) is 29.2 Å². The molecule has 1 aromatic carbocycles. The molecule has 0 spiro atoms. The van der Waals surface area contributed by atoms with Gasteiger partial charge in [-0.25, -0.2) is 0 Å².